The summed E-state index contributed by atoms with van der Waals surface area (Å²) in [5.74, 6) is 1.82. The minimum absolute atomic E-state index is 0.403. The second kappa shape index (κ2) is 11.3. The molecule has 0 spiro atoms. The van der Waals surface area contributed by atoms with Crippen molar-refractivity contribution in [2.45, 2.75) is 82.3 Å². The number of benzene rings is 3. The van der Waals surface area contributed by atoms with Gasteiger partial charge in [-0.1, -0.05) is 49.6 Å². The molecule has 2 nitrogen and oxygen atoms in total. The van der Waals surface area contributed by atoms with E-state index in [4.69, 9.17) is 0 Å². The highest BCUT2D eigenvalue weighted by Crippen LogP contribution is 2.56. The smallest absolute Gasteiger partial charge is 0.0433 e. The van der Waals surface area contributed by atoms with E-state index >= 15 is 0 Å². The van der Waals surface area contributed by atoms with Gasteiger partial charge in [0.25, 0.3) is 0 Å². The molecule has 0 amide bonds. The lowest BCUT2D eigenvalue weighted by Crippen LogP contribution is -2.61. The Morgan fingerprint density at radius 1 is 0.769 bits per heavy atom. The van der Waals surface area contributed by atoms with Crippen molar-refractivity contribution in [3.63, 3.8) is 0 Å². The summed E-state index contributed by atoms with van der Waals surface area (Å²) < 4.78 is 2.60. The predicted molar refractivity (Wildman–Crippen MR) is 179 cm³/mol. The summed E-state index contributed by atoms with van der Waals surface area (Å²) in [5.41, 5.74) is 7.96. The first kappa shape index (κ1) is 26.8. The zero-order chi connectivity index (χ0) is 26.4. The second-order valence-electron chi connectivity index (χ2n) is 12.8. The molecule has 2 bridgehead atoms. The van der Waals surface area contributed by atoms with Crippen LogP contribution in [0.25, 0.3) is 0 Å². The zero-order valence-electron chi connectivity index (χ0n) is 22.9. The third kappa shape index (κ3) is 5.31. The molecule has 2 saturated carbocycles. The molecule has 3 aromatic rings. The number of halogens is 2. The second-order valence-corrected chi connectivity index (χ2v) is 15.3. The Hall–Kier alpha value is -1.12. The first-order valence-electron chi connectivity index (χ1n) is 15.2. The maximum absolute atomic E-state index is 2.95. The fraction of sp³-hybridized carbons (Fsp3) is 0.486. The van der Waals surface area contributed by atoms with Crippen molar-refractivity contribution in [2.24, 2.45) is 11.8 Å². The molecular weight excluding hydrogens is 702 g/mol. The van der Waals surface area contributed by atoms with Crippen LogP contribution in [0.1, 0.15) is 73.6 Å². The zero-order valence-corrected chi connectivity index (χ0v) is 27.2. The van der Waals surface area contributed by atoms with Crippen molar-refractivity contribution >= 4 is 50.9 Å². The van der Waals surface area contributed by atoms with E-state index in [1.807, 2.05) is 0 Å². The maximum atomic E-state index is 2.95. The maximum Gasteiger partial charge on any atom is 0.0433 e. The van der Waals surface area contributed by atoms with Crippen LogP contribution in [0.4, 0.5) is 5.69 Å². The molecule has 1 aliphatic heterocycles. The molecule has 0 radical (unpaired) electrons. The summed E-state index contributed by atoms with van der Waals surface area (Å²) in [6, 6.07) is 26.6. The molecule has 0 aromatic heterocycles. The summed E-state index contributed by atoms with van der Waals surface area (Å²) in [6.45, 7) is 4.56. The van der Waals surface area contributed by atoms with Gasteiger partial charge < -0.3 is 4.90 Å². The number of piperidine rings is 1. The van der Waals surface area contributed by atoms with Gasteiger partial charge in [-0.05, 0) is 161 Å². The van der Waals surface area contributed by atoms with Crippen molar-refractivity contribution in [3.8, 4) is 0 Å². The summed E-state index contributed by atoms with van der Waals surface area (Å²) >= 11 is 4.82. The fourth-order valence-electron chi connectivity index (χ4n) is 8.36. The number of nitrogens with zero attached hydrogens (tertiary/aromatic N) is 2. The molecule has 3 fully saturated rings. The van der Waals surface area contributed by atoms with Gasteiger partial charge in [-0.3, -0.25) is 4.90 Å². The molecule has 1 saturated heterocycles. The van der Waals surface area contributed by atoms with Gasteiger partial charge in [-0.2, -0.15) is 0 Å². The van der Waals surface area contributed by atoms with Crippen LogP contribution in [0.5, 0.6) is 0 Å². The number of hydrogen-bond donors (Lipinski definition) is 0. The van der Waals surface area contributed by atoms with E-state index in [9.17, 15) is 0 Å². The van der Waals surface area contributed by atoms with Gasteiger partial charge in [0.15, 0.2) is 0 Å². The standard InChI is InChI=1S/C35H40I2N2/c36-29-12-7-26(8-13-29)23-39(24-27-9-14-30(37)15-10-27)31-16-11-28-20-34-32-6-1-2-17-35(32,33(28)21-31)18-19-38(34)22-25-4-3-5-25/h7-16,21,25,32,34H,1-6,17-20,22-24H2/t32-,34+,35+/m0/s1. The molecule has 1 heterocycles. The van der Waals surface area contributed by atoms with Crippen LogP contribution in [0.2, 0.25) is 0 Å². The van der Waals surface area contributed by atoms with Gasteiger partial charge >= 0.3 is 0 Å². The Bertz CT molecular complexity index is 1250. The van der Waals surface area contributed by atoms with Crippen molar-refractivity contribution in [3.05, 3.63) is 96.1 Å². The molecule has 4 heteroatoms. The lowest BCUT2D eigenvalue weighted by Gasteiger charge is -2.60. The van der Waals surface area contributed by atoms with Crippen molar-refractivity contribution in [2.75, 3.05) is 18.0 Å². The van der Waals surface area contributed by atoms with Crippen LogP contribution in [-0.2, 0) is 24.9 Å². The Labute approximate surface area is 262 Å². The first-order chi connectivity index (χ1) is 19.1. The Morgan fingerprint density at radius 3 is 2.10 bits per heavy atom. The molecule has 3 atom stereocenters. The van der Waals surface area contributed by atoms with Gasteiger partial charge in [0, 0.05) is 43.9 Å². The number of fused-ring (bicyclic) bond motifs is 1. The van der Waals surface area contributed by atoms with Gasteiger partial charge in [0.2, 0.25) is 0 Å². The molecule has 204 valence electrons. The van der Waals surface area contributed by atoms with E-state index in [1.54, 1.807) is 11.1 Å². The Morgan fingerprint density at radius 2 is 1.46 bits per heavy atom. The topological polar surface area (TPSA) is 6.48 Å². The quantitative estimate of drug-likeness (QED) is 0.223. The van der Waals surface area contributed by atoms with E-state index in [0.717, 1.165) is 31.0 Å². The minimum atomic E-state index is 0.403. The van der Waals surface area contributed by atoms with E-state index in [0.29, 0.717) is 5.41 Å². The summed E-state index contributed by atoms with van der Waals surface area (Å²) in [6.07, 6.45) is 12.7. The third-order valence-corrected chi connectivity index (χ3v) is 12.0. The molecule has 0 unspecified atom stereocenters. The van der Waals surface area contributed by atoms with Crippen LogP contribution in [-0.4, -0.2) is 24.0 Å². The van der Waals surface area contributed by atoms with Crippen LogP contribution < -0.4 is 4.90 Å². The van der Waals surface area contributed by atoms with Gasteiger partial charge in [0.1, 0.15) is 0 Å². The average Bonchev–Trinajstić information content (AvgIpc) is 2.93. The lowest BCUT2D eigenvalue weighted by atomic mass is 9.52. The molecule has 3 aliphatic carbocycles. The van der Waals surface area contributed by atoms with Gasteiger partial charge in [-0.15, -0.1) is 0 Å². The summed E-state index contributed by atoms with van der Waals surface area (Å²) in [4.78, 5) is 5.58. The predicted octanol–water partition coefficient (Wildman–Crippen LogP) is 8.96. The minimum Gasteiger partial charge on any atom is -0.363 e. The number of anilines is 1. The van der Waals surface area contributed by atoms with Crippen molar-refractivity contribution in [1.29, 1.82) is 0 Å². The normalized spacial score (nSPS) is 26.4. The van der Waals surface area contributed by atoms with E-state index in [2.05, 4.69) is 122 Å². The fourth-order valence-corrected chi connectivity index (χ4v) is 9.08. The number of rotatable bonds is 7. The summed E-state index contributed by atoms with van der Waals surface area (Å²) in [7, 11) is 0. The first-order valence-corrected chi connectivity index (χ1v) is 17.3. The molecule has 39 heavy (non-hydrogen) atoms. The molecule has 3 aromatic carbocycles. The van der Waals surface area contributed by atoms with E-state index in [-0.39, 0.29) is 0 Å². The lowest BCUT2D eigenvalue weighted by molar-refractivity contribution is -0.0239. The highest BCUT2D eigenvalue weighted by Gasteiger charge is 2.54. The monoisotopic (exact) mass is 742 g/mol. The van der Waals surface area contributed by atoms with Crippen LogP contribution in [0, 0.1) is 19.0 Å². The Balaban J connectivity index is 1.23. The summed E-state index contributed by atoms with van der Waals surface area (Å²) in [5, 5.41) is 0. The Kier molecular flexibility index (Phi) is 7.74. The van der Waals surface area contributed by atoms with Crippen LogP contribution in [0.3, 0.4) is 0 Å². The van der Waals surface area contributed by atoms with Gasteiger partial charge in [-0.25, -0.2) is 0 Å². The van der Waals surface area contributed by atoms with E-state index < -0.39 is 0 Å². The van der Waals surface area contributed by atoms with Crippen molar-refractivity contribution in [1.82, 2.24) is 4.90 Å². The molecule has 7 rings (SSSR count). The number of likely N-dealkylation sites (tertiary alicyclic amines) is 1. The largest absolute Gasteiger partial charge is 0.363 e. The molecule has 4 aliphatic rings. The highest BCUT2D eigenvalue weighted by atomic mass is 127. The van der Waals surface area contributed by atoms with Crippen molar-refractivity contribution < 1.29 is 0 Å². The molecule has 0 N–H and O–H groups in total. The van der Waals surface area contributed by atoms with Gasteiger partial charge in [0.05, 0.1) is 0 Å². The third-order valence-electron chi connectivity index (χ3n) is 10.6. The number of hydrogen-bond acceptors (Lipinski definition) is 2. The van der Waals surface area contributed by atoms with Crippen LogP contribution in [0.15, 0.2) is 66.7 Å². The average molecular weight is 743 g/mol. The SMILES string of the molecule is Ic1ccc(CN(Cc2ccc(I)cc2)c2ccc3c(c2)[C@@]24CCCC[C@H]2[C@@H](C3)N(CC2CCC2)CC4)cc1. The van der Waals surface area contributed by atoms with Crippen LogP contribution >= 0.6 is 45.2 Å². The van der Waals surface area contributed by atoms with E-state index in [1.165, 1.54) is 94.8 Å². The highest BCUT2D eigenvalue weighted by molar-refractivity contribution is 14.1. The molecular formula is C35H40I2N2.